The zero-order valence-electron chi connectivity index (χ0n) is 24.1. The molecule has 12 heteroatoms. The minimum Gasteiger partial charge on any atom is -0.371 e. The van der Waals surface area contributed by atoms with Gasteiger partial charge < -0.3 is 9.80 Å². The molecule has 0 spiro atoms. The number of hydrogen-bond donors (Lipinski definition) is 0. The van der Waals surface area contributed by atoms with Gasteiger partial charge in [-0.3, -0.25) is 9.69 Å². The maximum absolute atomic E-state index is 15.7. The number of hydrogen-bond acceptors (Lipinski definition) is 5. The maximum atomic E-state index is 15.7. The maximum Gasteiger partial charge on any atom is 0.416 e. The minimum atomic E-state index is -4.51. The number of carbonyl (C=O) groups is 1. The second kappa shape index (κ2) is 11.1. The summed E-state index contributed by atoms with van der Waals surface area (Å²) >= 11 is 0. The number of sulfonamides is 1. The molecule has 1 aromatic rings. The van der Waals surface area contributed by atoms with Gasteiger partial charge in [-0.15, -0.1) is 0 Å². The third-order valence-corrected chi connectivity index (χ3v) is 11.2. The zero-order chi connectivity index (χ0) is 29.7. The highest BCUT2D eigenvalue weighted by Gasteiger charge is 2.50. The molecule has 3 heterocycles. The van der Waals surface area contributed by atoms with E-state index in [-0.39, 0.29) is 24.4 Å². The fourth-order valence-electron chi connectivity index (χ4n) is 6.23. The van der Waals surface area contributed by atoms with Gasteiger partial charge in [0.15, 0.2) is 0 Å². The number of rotatable bonds is 5. The first kappa shape index (κ1) is 31.0. The van der Waals surface area contributed by atoms with Gasteiger partial charge in [0.25, 0.3) is 5.91 Å². The quantitative estimate of drug-likeness (QED) is 0.474. The molecule has 4 rings (SSSR count). The van der Waals surface area contributed by atoms with E-state index in [1.165, 1.54) is 30.5 Å². The third-order valence-electron chi connectivity index (χ3n) is 8.84. The average molecular weight is 591 g/mol. The molecular weight excluding hydrogens is 548 g/mol. The molecule has 40 heavy (non-hydrogen) atoms. The molecule has 1 amide bonds. The summed E-state index contributed by atoms with van der Waals surface area (Å²) in [7, 11) is -0.475. The fraction of sp³-hybridized carbons (Fsp3) is 0.750. The normalized spacial score (nSPS) is 24.8. The van der Waals surface area contributed by atoms with Crippen LogP contribution in [-0.4, -0.2) is 98.3 Å². The number of halogens is 4. The molecule has 3 fully saturated rings. The highest BCUT2D eigenvalue weighted by atomic mass is 32.2. The van der Waals surface area contributed by atoms with Crippen LogP contribution < -0.4 is 4.90 Å². The molecule has 226 valence electrons. The van der Waals surface area contributed by atoms with Crippen molar-refractivity contribution in [1.29, 1.82) is 0 Å². The standard InChI is InChI=1S/C28H42F4N4O3S/c1-26(2,3)36-17-12-27(29,19-36)25(37)35-13-8-20(9-14-35)23-7-6-21(28(30,31)32)18-24(23)34-15-10-22(11-16-34)40(38,39)33(4)5/h6-7,18,20,22H,8-17,19H2,1-5H3/t27-/m1/s1. The van der Waals surface area contributed by atoms with E-state index in [9.17, 15) is 26.4 Å². The van der Waals surface area contributed by atoms with Crippen LogP contribution in [0.5, 0.6) is 0 Å². The first-order valence-corrected chi connectivity index (χ1v) is 15.5. The molecule has 3 aliphatic rings. The van der Waals surface area contributed by atoms with E-state index in [2.05, 4.69) is 0 Å². The van der Waals surface area contributed by atoms with Gasteiger partial charge in [-0.2, -0.15) is 13.2 Å². The number of likely N-dealkylation sites (tertiary alicyclic amines) is 2. The number of benzene rings is 1. The Morgan fingerprint density at radius 3 is 2.08 bits per heavy atom. The molecule has 3 saturated heterocycles. The molecule has 0 aromatic heterocycles. The molecule has 0 saturated carbocycles. The molecule has 0 bridgehead atoms. The Labute approximate surface area is 235 Å². The Bertz CT molecular complexity index is 1180. The minimum absolute atomic E-state index is 0.0673. The van der Waals surface area contributed by atoms with E-state index in [1.807, 2.05) is 30.6 Å². The lowest BCUT2D eigenvalue weighted by atomic mass is 9.86. The molecule has 0 aliphatic carbocycles. The second-order valence-corrected chi connectivity index (χ2v) is 15.1. The first-order valence-electron chi connectivity index (χ1n) is 14.0. The smallest absolute Gasteiger partial charge is 0.371 e. The van der Waals surface area contributed by atoms with Gasteiger partial charge in [-0.05, 0) is 70.1 Å². The first-order chi connectivity index (χ1) is 18.4. The zero-order valence-corrected chi connectivity index (χ0v) is 24.9. The molecular formula is C28H42F4N4O3S. The van der Waals surface area contributed by atoms with Gasteiger partial charge >= 0.3 is 6.18 Å². The van der Waals surface area contributed by atoms with Crippen LogP contribution in [0.25, 0.3) is 0 Å². The SMILES string of the molecule is CN(C)S(=O)(=O)C1CCN(c2cc(C(F)(F)F)ccc2C2CCN(C(=O)[C@@]3(F)CCN(C(C)(C)C)C3)CC2)CC1. The summed E-state index contributed by atoms with van der Waals surface area (Å²) in [5.41, 5.74) is -1.66. The van der Waals surface area contributed by atoms with Crippen LogP contribution in [-0.2, 0) is 21.0 Å². The van der Waals surface area contributed by atoms with Crippen molar-refractivity contribution in [3.63, 3.8) is 0 Å². The molecule has 1 aromatic carbocycles. The highest BCUT2D eigenvalue weighted by molar-refractivity contribution is 7.89. The fourth-order valence-corrected chi connectivity index (χ4v) is 7.63. The van der Waals surface area contributed by atoms with Gasteiger partial charge in [0.2, 0.25) is 15.7 Å². The number of carbonyl (C=O) groups excluding carboxylic acids is 1. The van der Waals surface area contributed by atoms with E-state index in [0.29, 0.717) is 64.1 Å². The van der Waals surface area contributed by atoms with Gasteiger partial charge in [0.1, 0.15) is 0 Å². The Balaban J connectivity index is 1.49. The van der Waals surface area contributed by atoms with Gasteiger partial charge in [0.05, 0.1) is 10.8 Å². The van der Waals surface area contributed by atoms with Gasteiger partial charge in [0, 0.05) is 71.0 Å². The van der Waals surface area contributed by atoms with Crippen LogP contribution in [0.1, 0.15) is 69.9 Å². The lowest BCUT2D eigenvalue weighted by molar-refractivity contribution is -0.144. The monoisotopic (exact) mass is 590 g/mol. The molecule has 3 aliphatic heterocycles. The predicted molar refractivity (Wildman–Crippen MR) is 148 cm³/mol. The van der Waals surface area contributed by atoms with Crippen LogP contribution in [0.4, 0.5) is 23.2 Å². The summed E-state index contributed by atoms with van der Waals surface area (Å²) < 4.78 is 83.1. The number of nitrogens with zero attached hydrogens (tertiary/aromatic N) is 4. The van der Waals surface area contributed by atoms with Crippen molar-refractivity contribution in [1.82, 2.24) is 14.1 Å². The van der Waals surface area contributed by atoms with Gasteiger partial charge in [-0.1, -0.05) is 6.07 Å². The van der Waals surface area contributed by atoms with E-state index in [0.717, 1.165) is 11.6 Å². The molecule has 0 N–H and O–H groups in total. The van der Waals surface area contributed by atoms with Crippen LogP contribution in [0.2, 0.25) is 0 Å². The largest absolute Gasteiger partial charge is 0.416 e. The third kappa shape index (κ3) is 6.28. The number of piperidine rings is 2. The van der Waals surface area contributed by atoms with Crippen molar-refractivity contribution in [2.24, 2.45) is 0 Å². The second-order valence-electron chi connectivity index (χ2n) is 12.7. The van der Waals surface area contributed by atoms with Crippen molar-refractivity contribution in [2.75, 3.05) is 58.3 Å². The summed E-state index contributed by atoms with van der Waals surface area (Å²) in [4.78, 5) is 18.6. The topological polar surface area (TPSA) is 64.2 Å². The number of amides is 1. The van der Waals surface area contributed by atoms with E-state index < -0.39 is 38.6 Å². The summed E-state index contributed by atoms with van der Waals surface area (Å²) in [6.45, 7) is 7.93. The Morgan fingerprint density at radius 2 is 1.57 bits per heavy atom. The number of anilines is 1. The van der Waals surface area contributed by atoms with Gasteiger partial charge in [-0.25, -0.2) is 17.1 Å². The summed E-state index contributed by atoms with van der Waals surface area (Å²) in [5.74, 6) is -0.579. The van der Waals surface area contributed by atoms with Crippen LogP contribution in [0.3, 0.4) is 0 Å². The Morgan fingerprint density at radius 1 is 0.975 bits per heavy atom. The molecule has 1 atom stereocenters. The summed E-state index contributed by atoms with van der Waals surface area (Å²) in [5, 5.41) is -0.569. The Kier molecular flexibility index (Phi) is 8.57. The molecule has 0 radical (unpaired) electrons. The number of alkyl halides is 4. The van der Waals surface area contributed by atoms with E-state index in [4.69, 9.17) is 0 Å². The summed E-state index contributed by atoms with van der Waals surface area (Å²) in [6.07, 6.45) is -2.65. The molecule has 7 nitrogen and oxygen atoms in total. The van der Waals surface area contributed by atoms with Crippen LogP contribution >= 0.6 is 0 Å². The Hall–Kier alpha value is -1.92. The van der Waals surface area contributed by atoms with Crippen molar-refractivity contribution in [3.8, 4) is 0 Å². The van der Waals surface area contributed by atoms with Crippen molar-refractivity contribution in [2.45, 2.75) is 81.4 Å². The van der Waals surface area contributed by atoms with Crippen molar-refractivity contribution < 1.29 is 30.8 Å². The molecule has 0 unspecified atom stereocenters. The predicted octanol–water partition coefficient (Wildman–Crippen LogP) is 4.48. The lowest BCUT2D eigenvalue weighted by Gasteiger charge is -2.39. The van der Waals surface area contributed by atoms with Crippen LogP contribution in [0.15, 0.2) is 18.2 Å². The van der Waals surface area contributed by atoms with Crippen LogP contribution in [0, 0.1) is 0 Å². The van der Waals surface area contributed by atoms with Crippen molar-refractivity contribution >= 4 is 21.6 Å². The highest BCUT2D eigenvalue weighted by Crippen LogP contribution is 2.41. The van der Waals surface area contributed by atoms with E-state index >= 15 is 4.39 Å². The van der Waals surface area contributed by atoms with E-state index in [1.54, 1.807) is 4.90 Å². The van der Waals surface area contributed by atoms with Crippen molar-refractivity contribution in [3.05, 3.63) is 29.3 Å². The summed E-state index contributed by atoms with van der Waals surface area (Å²) in [6, 6.07) is 3.79. The average Bonchev–Trinajstić information content (AvgIpc) is 3.31. The lowest BCUT2D eigenvalue weighted by Crippen LogP contribution is -2.51.